The van der Waals surface area contributed by atoms with Crippen molar-refractivity contribution < 1.29 is 4.79 Å². The van der Waals surface area contributed by atoms with Crippen LogP contribution in [0.25, 0.3) is 0 Å². The molecule has 0 aromatic heterocycles. The van der Waals surface area contributed by atoms with Gasteiger partial charge < -0.3 is 10.6 Å². The van der Waals surface area contributed by atoms with Gasteiger partial charge in [-0.15, -0.1) is 0 Å². The third kappa shape index (κ3) is 3.42. The highest BCUT2D eigenvalue weighted by atomic mass is 127. The van der Waals surface area contributed by atoms with Gasteiger partial charge in [0.15, 0.2) is 0 Å². The smallest absolute Gasteiger partial charge is 0.228 e. The molecule has 1 aromatic carbocycles. The third-order valence-electron chi connectivity index (χ3n) is 3.11. The summed E-state index contributed by atoms with van der Waals surface area (Å²) in [5.74, 6) is 0.250. The minimum atomic E-state index is 0.114. The van der Waals surface area contributed by atoms with Crippen molar-refractivity contribution in [1.29, 1.82) is 0 Å². The summed E-state index contributed by atoms with van der Waals surface area (Å²) in [6.45, 7) is 3.90. The molecule has 3 nitrogen and oxygen atoms in total. The molecule has 1 aliphatic rings. The molecule has 0 unspecified atom stereocenters. The topological polar surface area (TPSA) is 41.1 Å². The number of piperidine rings is 1. The Balaban J connectivity index is 1.99. The minimum Gasteiger partial charge on any atom is -0.326 e. The Kier molecular flexibility index (Phi) is 4.39. The average Bonchev–Trinajstić information content (AvgIpc) is 2.35. The van der Waals surface area contributed by atoms with Crippen molar-refractivity contribution >= 4 is 34.2 Å². The summed E-state index contributed by atoms with van der Waals surface area (Å²) >= 11 is 2.29. The first kappa shape index (κ1) is 12.8. The maximum absolute atomic E-state index is 12.0. The van der Waals surface area contributed by atoms with Crippen molar-refractivity contribution in [3.63, 3.8) is 0 Å². The first-order valence-corrected chi connectivity index (χ1v) is 7.02. The normalized spacial score (nSPS) is 20.0. The largest absolute Gasteiger partial charge is 0.326 e. The standard InChI is InChI=1S/C13H17IN2O/c1-9-4-5-11(7-12(9)14)16-13(17)10-3-2-6-15-8-10/h4-5,7,10,15H,2-3,6,8H2,1H3,(H,16,17)/t10-/m0/s1. The predicted octanol–water partition coefficient (Wildman–Crippen LogP) is 2.54. The maximum Gasteiger partial charge on any atom is 0.228 e. The molecule has 1 aliphatic heterocycles. The fourth-order valence-corrected chi connectivity index (χ4v) is 2.51. The number of nitrogens with one attached hydrogen (secondary N) is 2. The molecule has 92 valence electrons. The zero-order valence-corrected chi connectivity index (χ0v) is 12.1. The number of benzene rings is 1. The zero-order valence-electron chi connectivity index (χ0n) is 9.92. The van der Waals surface area contributed by atoms with Crippen molar-refractivity contribution in [2.24, 2.45) is 5.92 Å². The Morgan fingerprint density at radius 3 is 3.00 bits per heavy atom. The zero-order chi connectivity index (χ0) is 12.3. The molecule has 0 spiro atoms. The van der Waals surface area contributed by atoms with Gasteiger partial charge in [-0.25, -0.2) is 0 Å². The Hall–Kier alpha value is -0.620. The molecular weight excluding hydrogens is 327 g/mol. The molecule has 1 amide bonds. The number of hydrogen-bond donors (Lipinski definition) is 2. The maximum atomic E-state index is 12.0. The summed E-state index contributed by atoms with van der Waals surface area (Å²) in [6.07, 6.45) is 2.07. The first-order chi connectivity index (χ1) is 8.16. The molecule has 2 rings (SSSR count). The molecule has 1 fully saturated rings. The number of carbonyl (C=O) groups excluding carboxylic acids is 1. The van der Waals surface area contributed by atoms with Crippen LogP contribution in [0, 0.1) is 16.4 Å². The SMILES string of the molecule is Cc1ccc(NC(=O)[C@H]2CCCNC2)cc1I. The van der Waals surface area contributed by atoms with Gasteiger partial charge in [-0.3, -0.25) is 4.79 Å². The molecular formula is C13H17IN2O. The monoisotopic (exact) mass is 344 g/mol. The second-order valence-electron chi connectivity index (χ2n) is 4.50. The van der Waals surface area contributed by atoms with Crippen LogP contribution in [-0.4, -0.2) is 19.0 Å². The summed E-state index contributed by atoms with van der Waals surface area (Å²) in [5, 5.41) is 6.26. The number of halogens is 1. The lowest BCUT2D eigenvalue weighted by Crippen LogP contribution is -2.37. The van der Waals surface area contributed by atoms with Gasteiger partial charge in [-0.05, 0) is 66.6 Å². The number of anilines is 1. The molecule has 1 aromatic rings. The molecule has 17 heavy (non-hydrogen) atoms. The first-order valence-electron chi connectivity index (χ1n) is 5.94. The van der Waals surface area contributed by atoms with Crippen LogP contribution in [0.4, 0.5) is 5.69 Å². The molecule has 0 saturated carbocycles. The van der Waals surface area contributed by atoms with E-state index in [4.69, 9.17) is 0 Å². The highest BCUT2D eigenvalue weighted by molar-refractivity contribution is 14.1. The summed E-state index contributed by atoms with van der Waals surface area (Å²) in [6, 6.07) is 6.02. The van der Waals surface area contributed by atoms with Crippen LogP contribution >= 0.6 is 22.6 Å². The lowest BCUT2D eigenvalue weighted by Gasteiger charge is -2.22. The van der Waals surface area contributed by atoms with E-state index in [1.54, 1.807) is 0 Å². The van der Waals surface area contributed by atoms with Gasteiger partial charge in [0, 0.05) is 15.8 Å². The second kappa shape index (κ2) is 5.82. The van der Waals surface area contributed by atoms with Crippen LogP contribution in [0.3, 0.4) is 0 Å². The number of aryl methyl sites for hydroxylation is 1. The van der Waals surface area contributed by atoms with Gasteiger partial charge in [0.1, 0.15) is 0 Å². The molecule has 1 heterocycles. The average molecular weight is 344 g/mol. The van der Waals surface area contributed by atoms with E-state index in [1.165, 1.54) is 9.13 Å². The van der Waals surface area contributed by atoms with Gasteiger partial charge in [-0.1, -0.05) is 6.07 Å². The van der Waals surface area contributed by atoms with E-state index in [-0.39, 0.29) is 11.8 Å². The van der Waals surface area contributed by atoms with E-state index in [9.17, 15) is 4.79 Å². The van der Waals surface area contributed by atoms with Crippen LogP contribution in [-0.2, 0) is 4.79 Å². The quantitative estimate of drug-likeness (QED) is 0.810. The van der Waals surface area contributed by atoms with Crippen molar-refractivity contribution in [2.45, 2.75) is 19.8 Å². The van der Waals surface area contributed by atoms with Crippen molar-refractivity contribution in [3.8, 4) is 0 Å². The van der Waals surface area contributed by atoms with Crippen LogP contribution in [0.5, 0.6) is 0 Å². The van der Waals surface area contributed by atoms with Gasteiger partial charge >= 0.3 is 0 Å². The van der Waals surface area contributed by atoms with Gasteiger partial charge in [-0.2, -0.15) is 0 Å². The van der Waals surface area contributed by atoms with Gasteiger partial charge in [0.05, 0.1) is 5.92 Å². The minimum absolute atomic E-state index is 0.114. The van der Waals surface area contributed by atoms with Crippen LogP contribution in [0.2, 0.25) is 0 Å². The predicted molar refractivity (Wildman–Crippen MR) is 78.1 cm³/mol. The van der Waals surface area contributed by atoms with E-state index >= 15 is 0 Å². The molecule has 2 N–H and O–H groups in total. The number of amides is 1. The lowest BCUT2D eigenvalue weighted by molar-refractivity contribution is -0.120. The summed E-state index contributed by atoms with van der Waals surface area (Å²) in [5.41, 5.74) is 2.14. The Bertz CT molecular complexity index is 414. The molecule has 0 radical (unpaired) electrons. The van der Waals surface area contributed by atoms with E-state index < -0.39 is 0 Å². The second-order valence-corrected chi connectivity index (χ2v) is 5.66. The van der Waals surface area contributed by atoms with Crippen LogP contribution in [0.15, 0.2) is 18.2 Å². The van der Waals surface area contributed by atoms with E-state index in [0.717, 1.165) is 31.6 Å². The highest BCUT2D eigenvalue weighted by Crippen LogP contribution is 2.19. The van der Waals surface area contributed by atoms with Crippen LogP contribution < -0.4 is 10.6 Å². The highest BCUT2D eigenvalue weighted by Gasteiger charge is 2.20. The fourth-order valence-electron chi connectivity index (χ4n) is 1.99. The van der Waals surface area contributed by atoms with Crippen molar-refractivity contribution in [2.75, 3.05) is 18.4 Å². The Morgan fingerprint density at radius 1 is 1.53 bits per heavy atom. The molecule has 1 atom stereocenters. The van der Waals surface area contributed by atoms with E-state index in [0.29, 0.717) is 0 Å². The third-order valence-corrected chi connectivity index (χ3v) is 4.27. The number of hydrogen-bond acceptors (Lipinski definition) is 2. The van der Waals surface area contributed by atoms with Crippen molar-refractivity contribution in [3.05, 3.63) is 27.3 Å². The molecule has 4 heteroatoms. The molecule has 0 bridgehead atoms. The van der Waals surface area contributed by atoms with Gasteiger partial charge in [0.2, 0.25) is 5.91 Å². The van der Waals surface area contributed by atoms with Crippen LogP contribution in [0.1, 0.15) is 18.4 Å². The van der Waals surface area contributed by atoms with E-state index in [1.807, 2.05) is 18.2 Å². The summed E-state index contributed by atoms with van der Waals surface area (Å²) in [4.78, 5) is 12.0. The molecule has 1 saturated heterocycles. The Morgan fingerprint density at radius 2 is 2.35 bits per heavy atom. The Labute approximate surface area is 116 Å². The number of rotatable bonds is 2. The van der Waals surface area contributed by atoms with Crippen molar-refractivity contribution in [1.82, 2.24) is 5.32 Å². The number of carbonyl (C=O) groups is 1. The lowest BCUT2D eigenvalue weighted by atomic mass is 9.99. The molecule has 0 aliphatic carbocycles. The van der Waals surface area contributed by atoms with E-state index in [2.05, 4.69) is 40.1 Å². The summed E-state index contributed by atoms with van der Waals surface area (Å²) < 4.78 is 1.18. The summed E-state index contributed by atoms with van der Waals surface area (Å²) in [7, 11) is 0. The van der Waals surface area contributed by atoms with Gasteiger partial charge in [0.25, 0.3) is 0 Å². The fraction of sp³-hybridized carbons (Fsp3) is 0.462.